The van der Waals surface area contributed by atoms with Crippen molar-refractivity contribution in [1.29, 1.82) is 0 Å². The minimum atomic E-state index is -0.308. The van der Waals surface area contributed by atoms with Gasteiger partial charge in [-0.2, -0.15) is 0 Å². The predicted octanol–water partition coefficient (Wildman–Crippen LogP) is 3.67. The highest BCUT2D eigenvalue weighted by atomic mass is 16.2. The van der Waals surface area contributed by atoms with E-state index in [9.17, 15) is 4.79 Å². The van der Waals surface area contributed by atoms with Gasteiger partial charge in [0.2, 0.25) is 0 Å². The Morgan fingerprint density at radius 1 is 0.957 bits per heavy atom. The summed E-state index contributed by atoms with van der Waals surface area (Å²) in [6.45, 7) is 11.7. The Labute approximate surface area is 137 Å². The Hall–Kier alpha value is -2.43. The van der Waals surface area contributed by atoms with Gasteiger partial charge in [-0.25, -0.2) is 9.97 Å². The van der Waals surface area contributed by atoms with Crippen LogP contribution in [0.2, 0.25) is 0 Å². The van der Waals surface area contributed by atoms with Crippen LogP contribution in [0.5, 0.6) is 0 Å². The summed E-state index contributed by atoms with van der Waals surface area (Å²) in [5.74, 6) is 0.964. The van der Waals surface area contributed by atoms with Crippen LogP contribution in [0.15, 0.2) is 24.3 Å². The van der Waals surface area contributed by atoms with E-state index >= 15 is 0 Å². The van der Waals surface area contributed by atoms with Gasteiger partial charge in [0, 0.05) is 17.3 Å². The van der Waals surface area contributed by atoms with Crippen LogP contribution < -0.4 is 10.6 Å². The monoisotopic (exact) mass is 312 g/mol. The number of aromatic nitrogens is 2. The van der Waals surface area contributed by atoms with Gasteiger partial charge in [0.25, 0.3) is 5.91 Å². The zero-order chi connectivity index (χ0) is 17.2. The first-order valence-electron chi connectivity index (χ1n) is 7.66. The minimum Gasteiger partial charge on any atom is -0.346 e. The maximum absolute atomic E-state index is 12.3. The Kier molecular flexibility index (Phi) is 4.68. The average molecular weight is 312 g/mol. The molecule has 1 aromatic heterocycles. The lowest BCUT2D eigenvalue weighted by Gasteiger charge is -2.20. The molecule has 0 bridgehead atoms. The van der Waals surface area contributed by atoms with Gasteiger partial charge < -0.3 is 10.6 Å². The van der Waals surface area contributed by atoms with Crippen molar-refractivity contribution in [3.05, 3.63) is 46.9 Å². The maximum Gasteiger partial charge on any atom is 0.270 e. The number of amides is 1. The molecule has 0 atom stereocenters. The van der Waals surface area contributed by atoms with Crippen molar-refractivity contribution >= 4 is 17.4 Å². The van der Waals surface area contributed by atoms with Crippen molar-refractivity contribution < 1.29 is 4.79 Å². The molecular weight excluding hydrogens is 288 g/mol. The zero-order valence-corrected chi connectivity index (χ0v) is 14.6. The number of carbonyl (C=O) groups is 1. The molecule has 5 heteroatoms. The van der Waals surface area contributed by atoms with Crippen molar-refractivity contribution in [2.75, 3.05) is 5.32 Å². The van der Waals surface area contributed by atoms with Gasteiger partial charge >= 0.3 is 0 Å². The topological polar surface area (TPSA) is 66.9 Å². The third-order valence-corrected chi connectivity index (χ3v) is 3.05. The third kappa shape index (κ3) is 5.06. The summed E-state index contributed by atoms with van der Waals surface area (Å²) in [6.07, 6.45) is 0. The molecule has 0 fully saturated rings. The van der Waals surface area contributed by atoms with Crippen molar-refractivity contribution in [3.63, 3.8) is 0 Å². The minimum absolute atomic E-state index is 0.202. The fourth-order valence-corrected chi connectivity index (χ4v) is 2.35. The quantitative estimate of drug-likeness (QED) is 0.907. The van der Waals surface area contributed by atoms with E-state index in [4.69, 9.17) is 0 Å². The normalized spacial score (nSPS) is 11.2. The highest BCUT2D eigenvalue weighted by Crippen LogP contribution is 2.19. The average Bonchev–Trinajstić information content (AvgIpc) is 2.34. The van der Waals surface area contributed by atoms with Crippen LogP contribution in [0.4, 0.5) is 11.5 Å². The molecule has 1 heterocycles. The smallest absolute Gasteiger partial charge is 0.270 e. The second-order valence-corrected chi connectivity index (χ2v) is 6.89. The Balaban J connectivity index is 2.28. The number of hydrogen-bond acceptors (Lipinski definition) is 4. The Morgan fingerprint density at radius 3 is 2.13 bits per heavy atom. The van der Waals surface area contributed by atoms with Crippen LogP contribution in [-0.4, -0.2) is 21.4 Å². The molecule has 23 heavy (non-hydrogen) atoms. The molecule has 0 saturated carbocycles. The van der Waals surface area contributed by atoms with Crippen molar-refractivity contribution in [1.82, 2.24) is 15.3 Å². The molecule has 122 valence electrons. The summed E-state index contributed by atoms with van der Waals surface area (Å²) < 4.78 is 0. The molecule has 0 aliphatic rings. The summed E-state index contributed by atoms with van der Waals surface area (Å²) >= 11 is 0. The number of anilines is 2. The van der Waals surface area contributed by atoms with Gasteiger partial charge in [-0.1, -0.05) is 6.07 Å². The van der Waals surface area contributed by atoms with E-state index in [1.54, 1.807) is 13.0 Å². The van der Waals surface area contributed by atoms with Crippen LogP contribution in [0.3, 0.4) is 0 Å². The molecule has 2 N–H and O–H groups in total. The van der Waals surface area contributed by atoms with E-state index in [2.05, 4.69) is 26.7 Å². The Bertz CT molecular complexity index is 712. The van der Waals surface area contributed by atoms with Gasteiger partial charge in [-0.05, 0) is 64.8 Å². The van der Waals surface area contributed by atoms with Crippen LogP contribution in [-0.2, 0) is 0 Å². The van der Waals surface area contributed by atoms with Crippen molar-refractivity contribution in [2.45, 2.75) is 47.1 Å². The summed E-state index contributed by atoms with van der Waals surface area (Å²) in [6, 6.07) is 7.86. The molecule has 0 unspecified atom stereocenters. The predicted molar refractivity (Wildman–Crippen MR) is 93.2 cm³/mol. The lowest BCUT2D eigenvalue weighted by Crippen LogP contribution is -2.41. The number of carbonyl (C=O) groups excluding carboxylic acids is 1. The van der Waals surface area contributed by atoms with E-state index in [-0.39, 0.29) is 11.4 Å². The van der Waals surface area contributed by atoms with E-state index in [1.807, 2.05) is 46.8 Å². The molecule has 0 aliphatic carbocycles. The molecule has 2 rings (SSSR count). The highest BCUT2D eigenvalue weighted by Gasteiger charge is 2.17. The van der Waals surface area contributed by atoms with Crippen LogP contribution in [0, 0.1) is 20.8 Å². The molecule has 0 radical (unpaired) electrons. The number of hydrogen-bond donors (Lipinski definition) is 2. The zero-order valence-electron chi connectivity index (χ0n) is 14.6. The standard InChI is InChI=1S/C18H24N4O/c1-11-7-12(2)9-14(8-11)21-16-10-15(19-13(3)20-16)17(23)22-18(4,5)6/h7-10H,1-6H3,(H,22,23)(H,19,20,21). The number of benzene rings is 1. The molecular formula is C18H24N4O. The third-order valence-electron chi connectivity index (χ3n) is 3.05. The number of rotatable bonds is 3. The van der Waals surface area contributed by atoms with E-state index in [1.165, 1.54) is 11.1 Å². The summed E-state index contributed by atoms with van der Waals surface area (Å²) in [7, 11) is 0. The molecule has 2 aromatic rings. The van der Waals surface area contributed by atoms with E-state index in [0.29, 0.717) is 17.3 Å². The second kappa shape index (κ2) is 6.36. The molecule has 0 aliphatic heterocycles. The lowest BCUT2D eigenvalue weighted by molar-refractivity contribution is 0.0914. The van der Waals surface area contributed by atoms with Gasteiger partial charge in [0.15, 0.2) is 0 Å². The lowest BCUT2D eigenvalue weighted by atomic mass is 10.1. The van der Waals surface area contributed by atoms with Crippen LogP contribution >= 0.6 is 0 Å². The first kappa shape index (κ1) is 16.9. The number of aryl methyl sites for hydroxylation is 3. The second-order valence-electron chi connectivity index (χ2n) is 6.89. The summed E-state index contributed by atoms with van der Waals surface area (Å²) in [5.41, 5.74) is 3.34. The van der Waals surface area contributed by atoms with Crippen LogP contribution in [0.1, 0.15) is 48.2 Å². The molecule has 1 aromatic carbocycles. The van der Waals surface area contributed by atoms with Gasteiger partial charge in [-0.3, -0.25) is 4.79 Å². The molecule has 1 amide bonds. The van der Waals surface area contributed by atoms with Crippen molar-refractivity contribution in [3.8, 4) is 0 Å². The number of nitrogens with one attached hydrogen (secondary N) is 2. The number of nitrogens with zero attached hydrogens (tertiary/aromatic N) is 2. The molecule has 0 saturated heterocycles. The van der Waals surface area contributed by atoms with Crippen LogP contribution in [0.25, 0.3) is 0 Å². The van der Waals surface area contributed by atoms with Gasteiger partial charge in [-0.15, -0.1) is 0 Å². The highest BCUT2D eigenvalue weighted by molar-refractivity contribution is 5.93. The Morgan fingerprint density at radius 2 is 1.57 bits per heavy atom. The summed E-state index contributed by atoms with van der Waals surface area (Å²) in [5, 5.41) is 6.17. The van der Waals surface area contributed by atoms with Gasteiger partial charge in [0.1, 0.15) is 17.3 Å². The van der Waals surface area contributed by atoms with E-state index < -0.39 is 0 Å². The first-order chi connectivity index (χ1) is 10.6. The largest absolute Gasteiger partial charge is 0.346 e. The SMILES string of the molecule is Cc1cc(C)cc(Nc2cc(C(=O)NC(C)(C)C)nc(C)n2)c1. The fraction of sp³-hybridized carbons (Fsp3) is 0.389. The van der Waals surface area contributed by atoms with E-state index in [0.717, 1.165) is 5.69 Å². The van der Waals surface area contributed by atoms with Crippen molar-refractivity contribution in [2.24, 2.45) is 0 Å². The summed E-state index contributed by atoms with van der Waals surface area (Å²) in [4.78, 5) is 20.9. The molecule has 0 spiro atoms. The maximum atomic E-state index is 12.3. The first-order valence-corrected chi connectivity index (χ1v) is 7.66. The van der Waals surface area contributed by atoms with Gasteiger partial charge in [0.05, 0.1) is 0 Å². The molecule has 5 nitrogen and oxygen atoms in total. The fourth-order valence-electron chi connectivity index (χ4n) is 2.35.